The lowest BCUT2D eigenvalue weighted by molar-refractivity contribution is 0.0695. The number of rotatable bonds is 3. The summed E-state index contributed by atoms with van der Waals surface area (Å²) in [7, 11) is 0. The van der Waals surface area contributed by atoms with Crippen LogP contribution < -0.4 is 11.2 Å². The Morgan fingerprint density at radius 1 is 1.40 bits per heavy atom. The molecule has 0 saturated heterocycles. The Hall–Kier alpha value is -3.36. The van der Waals surface area contributed by atoms with E-state index in [1.54, 1.807) is 6.92 Å². The van der Waals surface area contributed by atoms with Gasteiger partial charge in [-0.05, 0) is 19.1 Å². The molecule has 0 fully saturated rings. The molecule has 3 N–H and O–H groups in total. The summed E-state index contributed by atoms with van der Waals surface area (Å²) in [6, 6.07) is 2.09. The fourth-order valence-electron chi connectivity index (χ4n) is 2.64. The zero-order chi connectivity index (χ0) is 18.3. The van der Waals surface area contributed by atoms with Crippen LogP contribution in [-0.2, 0) is 6.54 Å². The average molecular weight is 346 g/mol. The summed E-state index contributed by atoms with van der Waals surface area (Å²) in [6.07, 6.45) is 2.28. The molecule has 0 saturated carbocycles. The average Bonchev–Trinajstić information content (AvgIpc) is 2.55. The van der Waals surface area contributed by atoms with Crippen LogP contribution >= 0.6 is 0 Å². The number of aromatic nitrogens is 3. The molecule has 0 spiro atoms. The van der Waals surface area contributed by atoms with E-state index in [4.69, 9.17) is 10.8 Å². The maximum Gasteiger partial charge on any atom is 0.341 e. The SMILES string of the molecule is CCn1cc(C(=O)O)c(=O)c2cc(F)c(-c3ccnc(N)n3)c(F)c21. The summed E-state index contributed by atoms with van der Waals surface area (Å²) in [6.45, 7) is 1.81. The number of carboxylic acids is 1. The number of pyridine rings is 1. The maximum atomic E-state index is 15.1. The normalized spacial score (nSPS) is 11.0. The van der Waals surface area contributed by atoms with Gasteiger partial charge >= 0.3 is 5.97 Å². The molecule has 9 heteroatoms. The van der Waals surface area contributed by atoms with Crippen LogP contribution in [0, 0.1) is 11.6 Å². The first-order chi connectivity index (χ1) is 11.8. The van der Waals surface area contributed by atoms with E-state index in [1.165, 1.54) is 16.8 Å². The lowest BCUT2D eigenvalue weighted by Gasteiger charge is -2.14. The number of anilines is 1. The van der Waals surface area contributed by atoms with E-state index < -0.39 is 34.2 Å². The summed E-state index contributed by atoms with van der Waals surface area (Å²) in [4.78, 5) is 30.9. The monoisotopic (exact) mass is 346 g/mol. The molecule has 0 aliphatic carbocycles. The standard InChI is InChI=1S/C16H12F2N4O3/c1-2-22-6-8(15(24)25)14(23)7-5-9(17)11(12(18)13(7)22)10-3-4-20-16(19)21-10/h3-6H,2H2,1H3,(H,24,25)(H2,19,20,21). The van der Waals surface area contributed by atoms with Gasteiger partial charge in [0.2, 0.25) is 11.4 Å². The summed E-state index contributed by atoms with van der Waals surface area (Å²) >= 11 is 0. The van der Waals surface area contributed by atoms with Gasteiger partial charge in [0.1, 0.15) is 11.4 Å². The van der Waals surface area contributed by atoms with Crippen LogP contribution in [0.5, 0.6) is 0 Å². The van der Waals surface area contributed by atoms with E-state index in [-0.39, 0.29) is 29.1 Å². The minimum atomic E-state index is -1.47. The van der Waals surface area contributed by atoms with Crippen LogP contribution in [0.15, 0.2) is 29.3 Å². The number of carbonyl (C=O) groups is 1. The van der Waals surface area contributed by atoms with Crippen LogP contribution in [0.4, 0.5) is 14.7 Å². The van der Waals surface area contributed by atoms with Crippen LogP contribution in [0.3, 0.4) is 0 Å². The lowest BCUT2D eigenvalue weighted by Crippen LogP contribution is -2.20. The summed E-state index contributed by atoms with van der Waals surface area (Å²) in [5.41, 5.74) is 3.18. The van der Waals surface area contributed by atoms with Crippen LogP contribution in [-0.4, -0.2) is 25.6 Å². The molecule has 0 aliphatic heterocycles. The van der Waals surface area contributed by atoms with Gasteiger partial charge in [-0.25, -0.2) is 23.5 Å². The van der Waals surface area contributed by atoms with Crippen LogP contribution in [0.25, 0.3) is 22.2 Å². The number of nitrogens with two attached hydrogens (primary N) is 1. The molecular formula is C16H12F2N4O3. The van der Waals surface area contributed by atoms with Crippen molar-refractivity contribution < 1.29 is 18.7 Å². The predicted molar refractivity (Wildman–Crippen MR) is 86.2 cm³/mol. The molecule has 0 bridgehead atoms. The second-order valence-electron chi connectivity index (χ2n) is 5.21. The third-order valence-corrected chi connectivity index (χ3v) is 3.76. The summed E-state index contributed by atoms with van der Waals surface area (Å²) in [5.74, 6) is -3.71. The first kappa shape index (κ1) is 16.5. The highest BCUT2D eigenvalue weighted by Crippen LogP contribution is 2.30. The highest BCUT2D eigenvalue weighted by atomic mass is 19.1. The minimum Gasteiger partial charge on any atom is -0.477 e. The molecule has 3 aromatic rings. The van der Waals surface area contributed by atoms with Gasteiger partial charge < -0.3 is 15.4 Å². The molecule has 2 aromatic heterocycles. The van der Waals surface area contributed by atoms with Crippen molar-refractivity contribution in [2.24, 2.45) is 0 Å². The molecule has 0 atom stereocenters. The van der Waals surface area contributed by atoms with Crippen molar-refractivity contribution in [2.75, 3.05) is 5.73 Å². The van der Waals surface area contributed by atoms with E-state index in [2.05, 4.69) is 9.97 Å². The molecule has 0 unspecified atom stereocenters. The number of fused-ring (bicyclic) bond motifs is 1. The molecular weight excluding hydrogens is 334 g/mol. The van der Waals surface area contributed by atoms with Gasteiger partial charge in [0.15, 0.2) is 5.82 Å². The topological polar surface area (TPSA) is 111 Å². The smallest absolute Gasteiger partial charge is 0.341 e. The van der Waals surface area contributed by atoms with Crippen molar-refractivity contribution in [2.45, 2.75) is 13.5 Å². The van der Waals surface area contributed by atoms with E-state index >= 15 is 4.39 Å². The van der Waals surface area contributed by atoms with Crippen LogP contribution in [0.1, 0.15) is 17.3 Å². The van der Waals surface area contributed by atoms with Gasteiger partial charge in [0.05, 0.1) is 22.2 Å². The molecule has 3 rings (SSSR count). The molecule has 0 radical (unpaired) electrons. The van der Waals surface area contributed by atoms with Crippen molar-refractivity contribution >= 4 is 22.8 Å². The molecule has 7 nitrogen and oxygen atoms in total. The second kappa shape index (κ2) is 5.93. The zero-order valence-corrected chi connectivity index (χ0v) is 13.0. The third-order valence-electron chi connectivity index (χ3n) is 3.76. The van der Waals surface area contributed by atoms with Crippen LogP contribution in [0.2, 0.25) is 0 Å². The molecule has 25 heavy (non-hydrogen) atoms. The fourth-order valence-corrected chi connectivity index (χ4v) is 2.64. The fraction of sp³-hybridized carbons (Fsp3) is 0.125. The Morgan fingerprint density at radius 2 is 2.12 bits per heavy atom. The molecule has 1 aromatic carbocycles. The largest absolute Gasteiger partial charge is 0.477 e. The first-order valence-corrected chi connectivity index (χ1v) is 7.22. The predicted octanol–water partition coefficient (Wildman–Crippen LogP) is 2.04. The van der Waals surface area contributed by atoms with Crippen molar-refractivity contribution in [1.29, 1.82) is 0 Å². The lowest BCUT2D eigenvalue weighted by atomic mass is 10.0. The molecule has 0 aliphatic rings. The molecule has 2 heterocycles. The Bertz CT molecular complexity index is 1080. The molecule has 128 valence electrons. The highest BCUT2D eigenvalue weighted by molar-refractivity contribution is 5.94. The Kier molecular flexibility index (Phi) is 3.91. The van der Waals surface area contributed by atoms with E-state index in [9.17, 15) is 14.0 Å². The number of nitrogens with zero attached hydrogens (tertiary/aromatic N) is 3. The third kappa shape index (κ3) is 2.59. The van der Waals surface area contributed by atoms with Crippen molar-refractivity contribution in [1.82, 2.24) is 14.5 Å². The van der Waals surface area contributed by atoms with E-state index in [0.717, 1.165) is 12.3 Å². The van der Waals surface area contributed by atoms with Crippen molar-refractivity contribution in [3.8, 4) is 11.3 Å². The quantitative estimate of drug-likeness (QED) is 0.751. The van der Waals surface area contributed by atoms with Gasteiger partial charge in [-0.1, -0.05) is 0 Å². The Morgan fingerprint density at radius 3 is 2.72 bits per heavy atom. The summed E-state index contributed by atoms with van der Waals surface area (Å²) in [5, 5.41) is 8.76. The second-order valence-corrected chi connectivity index (χ2v) is 5.21. The number of aryl methyl sites for hydroxylation is 1. The van der Waals surface area contributed by atoms with E-state index in [1.807, 2.05) is 0 Å². The van der Waals surface area contributed by atoms with Crippen molar-refractivity contribution in [3.63, 3.8) is 0 Å². The van der Waals surface area contributed by atoms with Gasteiger partial charge in [0.25, 0.3) is 0 Å². The molecule has 0 amide bonds. The minimum absolute atomic E-state index is 0.0817. The number of aromatic carboxylic acids is 1. The summed E-state index contributed by atoms with van der Waals surface area (Å²) < 4.78 is 30.8. The Labute approximate surface area is 139 Å². The van der Waals surface area contributed by atoms with Gasteiger partial charge in [0, 0.05) is 18.9 Å². The number of halogens is 2. The van der Waals surface area contributed by atoms with Gasteiger partial charge in [-0.3, -0.25) is 4.79 Å². The number of carboxylic acid groups (broad SMARTS) is 1. The zero-order valence-electron chi connectivity index (χ0n) is 13.0. The number of benzene rings is 1. The Balaban J connectivity index is 2.47. The van der Waals surface area contributed by atoms with Gasteiger partial charge in [-0.2, -0.15) is 0 Å². The number of hydrogen-bond donors (Lipinski definition) is 2. The number of nitrogen functional groups attached to an aromatic ring is 1. The van der Waals surface area contributed by atoms with Crippen molar-refractivity contribution in [3.05, 3.63) is 51.9 Å². The first-order valence-electron chi connectivity index (χ1n) is 7.22. The highest BCUT2D eigenvalue weighted by Gasteiger charge is 2.23. The van der Waals surface area contributed by atoms with E-state index in [0.29, 0.717) is 0 Å². The maximum absolute atomic E-state index is 15.1. The van der Waals surface area contributed by atoms with Gasteiger partial charge in [-0.15, -0.1) is 0 Å². The number of hydrogen-bond acceptors (Lipinski definition) is 5.